The highest BCUT2D eigenvalue weighted by Crippen LogP contribution is 2.07. The number of rotatable bonds is 3. The summed E-state index contributed by atoms with van der Waals surface area (Å²) in [7, 11) is 1.38. The van der Waals surface area contributed by atoms with Crippen molar-refractivity contribution in [3.05, 3.63) is 59.9 Å². The molecule has 3 nitrogen and oxygen atoms in total. The molecule has 2 aromatic rings. The number of esters is 1. The Morgan fingerprint density at radius 1 is 1.11 bits per heavy atom. The average molecular weight is 245 g/mol. The molecule has 0 saturated carbocycles. The third kappa shape index (κ3) is 3.77. The number of hydrogen-bond acceptors (Lipinski definition) is 2. The summed E-state index contributed by atoms with van der Waals surface area (Å²) < 4.78 is 6.71. The summed E-state index contributed by atoms with van der Waals surface area (Å²) in [5.41, 5.74) is 1.74. The third-order valence-corrected chi connectivity index (χ3v) is 2.41. The summed E-state index contributed by atoms with van der Waals surface area (Å²) in [6, 6.07) is 11.4. The van der Waals surface area contributed by atoms with Crippen molar-refractivity contribution in [1.29, 1.82) is 0 Å². The highest BCUT2D eigenvalue weighted by Gasteiger charge is 2.03. The second-order valence-corrected chi connectivity index (χ2v) is 3.54. The Bertz CT molecular complexity index is 458. The van der Waals surface area contributed by atoms with E-state index in [4.69, 9.17) is 0 Å². The molecule has 0 fully saturated rings. The van der Waals surface area contributed by atoms with Crippen LogP contribution in [0.25, 0.3) is 0 Å². The van der Waals surface area contributed by atoms with E-state index in [0.717, 1.165) is 12.1 Å². The molecule has 1 aromatic carbocycles. The molecule has 0 atom stereocenters. The maximum absolute atomic E-state index is 11.2. The summed E-state index contributed by atoms with van der Waals surface area (Å²) in [6.45, 7) is 4.81. The molecule has 1 aromatic heterocycles. The zero-order valence-electron chi connectivity index (χ0n) is 11.1. The van der Waals surface area contributed by atoms with Gasteiger partial charge in [-0.15, -0.1) is 0 Å². The second kappa shape index (κ2) is 7.33. The molecular formula is C15H19NO2. The van der Waals surface area contributed by atoms with E-state index in [1.807, 2.05) is 50.5 Å². The molecule has 1 heterocycles. The van der Waals surface area contributed by atoms with Crippen molar-refractivity contribution in [3.8, 4) is 0 Å². The van der Waals surface area contributed by atoms with Crippen LogP contribution in [0.15, 0.2) is 48.8 Å². The van der Waals surface area contributed by atoms with Gasteiger partial charge in [-0.05, 0) is 29.8 Å². The van der Waals surface area contributed by atoms with Gasteiger partial charge in [-0.3, -0.25) is 0 Å². The molecule has 0 N–H and O–H groups in total. The maximum Gasteiger partial charge on any atom is 0.337 e. The van der Waals surface area contributed by atoms with E-state index in [-0.39, 0.29) is 5.97 Å². The number of hydrogen-bond donors (Lipinski definition) is 0. The van der Waals surface area contributed by atoms with Crippen LogP contribution < -0.4 is 0 Å². The molecule has 0 aliphatic heterocycles. The minimum absolute atomic E-state index is 0.299. The van der Waals surface area contributed by atoms with Crippen molar-refractivity contribution < 1.29 is 9.53 Å². The normalized spacial score (nSPS) is 9.28. The standard InChI is InChI=1S/C13H13NO2.C2H6/c1-16-13(15)12-6-4-11(5-7-12)10-14-8-2-3-9-14;1-2/h2-9H,10H2,1H3;1-2H3. The first-order valence-corrected chi connectivity index (χ1v) is 6.07. The molecule has 96 valence electrons. The SMILES string of the molecule is CC.COC(=O)c1ccc(Cn2cccc2)cc1. The van der Waals surface area contributed by atoms with Crippen LogP contribution in [0.3, 0.4) is 0 Å². The molecule has 2 rings (SSSR count). The van der Waals surface area contributed by atoms with Crippen LogP contribution in [-0.4, -0.2) is 17.6 Å². The van der Waals surface area contributed by atoms with Crippen LogP contribution in [-0.2, 0) is 11.3 Å². The maximum atomic E-state index is 11.2. The van der Waals surface area contributed by atoms with Gasteiger partial charge in [-0.25, -0.2) is 4.79 Å². The van der Waals surface area contributed by atoms with Crippen LogP contribution in [0.2, 0.25) is 0 Å². The second-order valence-electron chi connectivity index (χ2n) is 3.54. The topological polar surface area (TPSA) is 31.2 Å². The van der Waals surface area contributed by atoms with Gasteiger partial charge in [0.05, 0.1) is 12.7 Å². The molecule has 0 unspecified atom stereocenters. The Labute approximate surface area is 108 Å². The van der Waals surface area contributed by atoms with Crippen molar-refractivity contribution in [2.45, 2.75) is 20.4 Å². The van der Waals surface area contributed by atoms with E-state index in [1.165, 1.54) is 7.11 Å². The van der Waals surface area contributed by atoms with Gasteiger partial charge in [-0.1, -0.05) is 26.0 Å². The average Bonchev–Trinajstić information content (AvgIpc) is 2.94. The lowest BCUT2D eigenvalue weighted by Gasteiger charge is -2.04. The number of ether oxygens (including phenoxy) is 1. The molecule has 0 spiro atoms. The third-order valence-electron chi connectivity index (χ3n) is 2.41. The molecule has 0 bridgehead atoms. The Hall–Kier alpha value is -2.03. The first-order valence-electron chi connectivity index (χ1n) is 6.07. The highest BCUT2D eigenvalue weighted by molar-refractivity contribution is 5.89. The summed E-state index contributed by atoms with van der Waals surface area (Å²) >= 11 is 0. The molecular weight excluding hydrogens is 226 g/mol. The first kappa shape index (κ1) is 14.0. The van der Waals surface area contributed by atoms with Gasteiger partial charge < -0.3 is 9.30 Å². The number of nitrogens with zero attached hydrogens (tertiary/aromatic N) is 1. The van der Waals surface area contributed by atoms with E-state index in [9.17, 15) is 4.79 Å². The highest BCUT2D eigenvalue weighted by atomic mass is 16.5. The van der Waals surface area contributed by atoms with Crippen molar-refractivity contribution in [3.63, 3.8) is 0 Å². The van der Waals surface area contributed by atoms with Gasteiger partial charge in [0.1, 0.15) is 0 Å². The molecule has 0 saturated heterocycles. The summed E-state index contributed by atoms with van der Waals surface area (Å²) in [4.78, 5) is 11.2. The van der Waals surface area contributed by atoms with Crippen molar-refractivity contribution in [2.24, 2.45) is 0 Å². The minimum Gasteiger partial charge on any atom is -0.465 e. The van der Waals surface area contributed by atoms with Gasteiger partial charge >= 0.3 is 5.97 Å². The number of benzene rings is 1. The summed E-state index contributed by atoms with van der Waals surface area (Å²) in [5, 5.41) is 0. The van der Waals surface area contributed by atoms with E-state index in [0.29, 0.717) is 5.56 Å². The van der Waals surface area contributed by atoms with Crippen LogP contribution in [0.1, 0.15) is 29.8 Å². The Morgan fingerprint density at radius 3 is 2.17 bits per heavy atom. The fourth-order valence-electron chi connectivity index (χ4n) is 1.55. The Balaban J connectivity index is 0.000000771. The minimum atomic E-state index is -0.299. The monoisotopic (exact) mass is 245 g/mol. The molecule has 0 radical (unpaired) electrons. The van der Waals surface area contributed by atoms with Crippen molar-refractivity contribution in [2.75, 3.05) is 7.11 Å². The van der Waals surface area contributed by atoms with Gasteiger partial charge in [0.15, 0.2) is 0 Å². The first-order chi connectivity index (χ1) is 8.79. The zero-order valence-corrected chi connectivity index (χ0v) is 11.1. The van der Waals surface area contributed by atoms with Crippen LogP contribution >= 0.6 is 0 Å². The zero-order chi connectivity index (χ0) is 13.4. The van der Waals surface area contributed by atoms with E-state index in [1.54, 1.807) is 12.1 Å². The number of aromatic nitrogens is 1. The number of carbonyl (C=O) groups is 1. The predicted octanol–water partition coefficient (Wildman–Crippen LogP) is 3.35. The van der Waals surface area contributed by atoms with Crippen LogP contribution in [0.4, 0.5) is 0 Å². The van der Waals surface area contributed by atoms with E-state index >= 15 is 0 Å². The smallest absolute Gasteiger partial charge is 0.337 e. The van der Waals surface area contributed by atoms with Crippen molar-refractivity contribution >= 4 is 5.97 Å². The number of methoxy groups -OCH3 is 1. The predicted molar refractivity (Wildman–Crippen MR) is 72.7 cm³/mol. The lowest BCUT2D eigenvalue weighted by Crippen LogP contribution is -2.02. The Kier molecular flexibility index (Phi) is 5.71. The lowest BCUT2D eigenvalue weighted by atomic mass is 10.1. The molecule has 0 amide bonds. The molecule has 0 aliphatic rings. The van der Waals surface area contributed by atoms with Crippen LogP contribution in [0.5, 0.6) is 0 Å². The quantitative estimate of drug-likeness (QED) is 0.776. The Morgan fingerprint density at radius 2 is 1.67 bits per heavy atom. The molecule has 0 aliphatic carbocycles. The number of carbonyl (C=O) groups excluding carboxylic acids is 1. The largest absolute Gasteiger partial charge is 0.465 e. The molecule has 18 heavy (non-hydrogen) atoms. The summed E-state index contributed by atoms with van der Waals surface area (Å²) in [5.74, 6) is -0.299. The van der Waals surface area contributed by atoms with E-state index in [2.05, 4.69) is 9.30 Å². The van der Waals surface area contributed by atoms with Crippen molar-refractivity contribution in [1.82, 2.24) is 4.57 Å². The van der Waals surface area contributed by atoms with Gasteiger partial charge in [0, 0.05) is 18.9 Å². The van der Waals surface area contributed by atoms with Gasteiger partial charge in [0.25, 0.3) is 0 Å². The fraction of sp³-hybridized carbons (Fsp3) is 0.267. The van der Waals surface area contributed by atoms with Crippen LogP contribution in [0, 0.1) is 0 Å². The fourth-order valence-corrected chi connectivity index (χ4v) is 1.55. The van der Waals surface area contributed by atoms with E-state index < -0.39 is 0 Å². The molecule has 3 heteroatoms. The lowest BCUT2D eigenvalue weighted by molar-refractivity contribution is 0.0600. The summed E-state index contributed by atoms with van der Waals surface area (Å²) in [6.07, 6.45) is 4.02. The van der Waals surface area contributed by atoms with Gasteiger partial charge in [-0.2, -0.15) is 0 Å². The van der Waals surface area contributed by atoms with Gasteiger partial charge in [0.2, 0.25) is 0 Å².